The van der Waals surface area contributed by atoms with Crippen molar-refractivity contribution in [2.75, 3.05) is 7.11 Å². The minimum atomic E-state index is -1.94. The molecule has 0 spiro atoms. The van der Waals surface area contributed by atoms with E-state index in [1.54, 1.807) is 7.11 Å². The van der Waals surface area contributed by atoms with Crippen molar-refractivity contribution in [2.45, 2.75) is 83.7 Å². The summed E-state index contributed by atoms with van der Waals surface area (Å²) in [6, 6.07) is 0. The Morgan fingerprint density at radius 3 is 1.72 bits per heavy atom. The Hall–Kier alpha value is 0.137. The van der Waals surface area contributed by atoms with Gasteiger partial charge < -0.3 is 9.16 Å². The van der Waals surface area contributed by atoms with Gasteiger partial charge in [0.2, 0.25) is 8.32 Å². The van der Waals surface area contributed by atoms with Crippen molar-refractivity contribution in [1.29, 1.82) is 0 Å². The number of ether oxygens (including phenoxy) is 1. The Labute approximate surface area is 115 Å². The van der Waals surface area contributed by atoms with Crippen LogP contribution in [0.1, 0.15) is 61.8 Å². The van der Waals surface area contributed by atoms with Crippen molar-refractivity contribution in [3.05, 3.63) is 0 Å². The summed E-state index contributed by atoms with van der Waals surface area (Å²) in [5.41, 5.74) is 0.669. The van der Waals surface area contributed by atoms with Gasteiger partial charge in [-0.05, 0) is 21.5 Å². The van der Waals surface area contributed by atoms with Gasteiger partial charge in [0.05, 0.1) is 0 Å². The standard InChI is InChI=1S/C15H32O2Si/c1-11(2)12-10-13(16-9)17-18(12,14(3,4)5)15(6,7)8/h11-13H,10H2,1-9H3. The van der Waals surface area contributed by atoms with Crippen LogP contribution in [0.3, 0.4) is 0 Å². The zero-order valence-corrected chi connectivity index (χ0v) is 14.8. The molecule has 1 aliphatic rings. The maximum atomic E-state index is 6.62. The highest BCUT2D eigenvalue weighted by molar-refractivity contribution is 6.81. The molecule has 0 amide bonds. The summed E-state index contributed by atoms with van der Waals surface area (Å²) in [6.07, 6.45) is 1.07. The molecule has 2 nitrogen and oxygen atoms in total. The molecule has 1 aliphatic heterocycles. The topological polar surface area (TPSA) is 18.5 Å². The fourth-order valence-electron chi connectivity index (χ4n) is 4.19. The van der Waals surface area contributed by atoms with Gasteiger partial charge in [-0.2, -0.15) is 0 Å². The van der Waals surface area contributed by atoms with Crippen LogP contribution in [0.15, 0.2) is 0 Å². The summed E-state index contributed by atoms with van der Waals surface area (Å²) in [6.45, 7) is 18.8. The Morgan fingerprint density at radius 1 is 1.06 bits per heavy atom. The molecule has 108 valence electrons. The van der Waals surface area contributed by atoms with Crippen LogP contribution in [0.4, 0.5) is 0 Å². The SMILES string of the molecule is COC1CC(C(C)C)[Si](C(C)(C)C)(C(C)(C)C)O1. The first kappa shape index (κ1) is 16.2. The van der Waals surface area contributed by atoms with Crippen LogP contribution in [0, 0.1) is 5.92 Å². The summed E-state index contributed by atoms with van der Waals surface area (Å²) >= 11 is 0. The molecule has 1 rings (SSSR count). The van der Waals surface area contributed by atoms with E-state index >= 15 is 0 Å². The van der Waals surface area contributed by atoms with Crippen molar-refractivity contribution < 1.29 is 9.16 Å². The van der Waals surface area contributed by atoms with E-state index in [1.807, 2.05) is 0 Å². The van der Waals surface area contributed by atoms with Crippen LogP contribution in [0.5, 0.6) is 0 Å². The highest BCUT2D eigenvalue weighted by Gasteiger charge is 2.64. The first-order chi connectivity index (χ1) is 7.97. The summed E-state index contributed by atoms with van der Waals surface area (Å²) in [5, 5.41) is 0.459. The molecule has 0 N–H and O–H groups in total. The van der Waals surface area contributed by atoms with Gasteiger partial charge in [0.15, 0.2) is 0 Å². The number of rotatable bonds is 2. The summed E-state index contributed by atoms with van der Waals surface area (Å²) < 4.78 is 12.2. The van der Waals surface area contributed by atoms with Gasteiger partial charge in [0.1, 0.15) is 6.29 Å². The van der Waals surface area contributed by atoms with Crippen molar-refractivity contribution in [3.8, 4) is 0 Å². The Bertz CT molecular complexity index is 272. The highest BCUT2D eigenvalue weighted by Crippen LogP contribution is 2.63. The van der Waals surface area contributed by atoms with Gasteiger partial charge in [-0.25, -0.2) is 0 Å². The number of hydrogen-bond acceptors (Lipinski definition) is 2. The fraction of sp³-hybridized carbons (Fsp3) is 1.00. The molecule has 2 unspecified atom stereocenters. The lowest BCUT2D eigenvalue weighted by Gasteiger charge is -2.52. The summed E-state index contributed by atoms with van der Waals surface area (Å²) in [4.78, 5) is 0. The monoisotopic (exact) mass is 272 g/mol. The second kappa shape index (κ2) is 4.91. The molecule has 3 heteroatoms. The van der Waals surface area contributed by atoms with Crippen LogP contribution in [0.25, 0.3) is 0 Å². The number of hydrogen-bond donors (Lipinski definition) is 0. The Balaban J connectivity index is 3.32. The lowest BCUT2D eigenvalue weighted by molar-refractivity contribution is -0.0501. The maximum Gasteiger partial charge on any atom is 0.210 e. The lowest BCUT2D eigenvalue weighted by Crippen LogP contribution is -2.56. The molecular weight excluding hydrogens is 240 g/mol. The third-order valence-corrected chi connectivity index (χ3v) is 11.6. The van der Waals surface area contributed by atoms with Gasteiger partial charge in [0.25, 0.3) is 0 Å². The van der Waals surface area contributed by atoms with Crippen molar-refractivity contribution in [3.63, 3.8) is 0 Å². The van der Waals surface area contributed by atoms with E-state index in [0.717, 1.165) is 6.42 Å². The third kappa shape index (κ3) is 2.41. The van der Waals surface area contributed by atoms with E-state index in [-0.39, 0.29) is 16.4 Å². The van der Waals surface area contributed by atoms with E-state index in [4.69, 9.17) is 9.16 Å². The molecule has 0 aromatic heterocycles. The zero-order chi connectivity index (χ0) is 14.4. The molecule has 0 aliphatic carbocycles. The predicted molar refractivity (Wildman–Crippen MR) is 80.3 cm³/mol. The molecule has 1 fully saturated rings. The van der Waals surface area contributed by atoms with E-state index in [9.17, 15) is 0 Å². The maximum absolute atomic E-state index is 6.62. The van der Waals surface area contributed by atoms with Gasteiger partial charge in [-0.15, -0.1) is 0 Å². The van der Waals surface area contributed by atoms with E-state index < -0.39 is 8.32 Å². The third-order valence-electron chi connectivity index (χ3n) is 4.58. The molecule has 0 saturated carbocycles. The minimum Gasteiger partial charge on any atom is -0.391 e. The first-order valence-corrected chi connectivity index (χ1v) is 9.16. The second-order valence-corrected chi connectivity index (χ2v) is 13.6. The first-order valence-electron chi connectivity index (χ1n) is 7.18. The summed E-state index contributed by atoms with van der Waals surface area (Å²) in [5.74, 6) is 0.662. The van der Waals surface area contributed by atoms with Gasteiger partial charge in [-0.1, -0.05) is 55.4 Å². The van der Waals surface area contributed by atoms with Crippen molar-refractivity contribution >= 4 is 8.32 Å². The second-order valence-electron chi connectivity index (χ2n) is 8.10. The Morgan fingerprint density at radius 2 is 1.50 bits per heavy atom. The van der Waals surface area contributed by atoms with Crippen LogP contribution >= 0.6 is 0 Å². The van der Waals surface area contributed by atoms with Crippen molar-refractivity contribution in [2.24, 2.45) is 5.92 Å². The quantitative estimate of drug-likeness (QED) is 0.662. The smallest absolute Gasteiger partial charge is 0.210 e. The van der Waals surface area contributed by atoms with Crippen LogP contribution in [0.2, 0.25) is 15.6 Å². The molecule has 0 radical (unpaired) electrons. The molecule has 0 bridgehead atoms. The van der Waals surface area contributed by atoms with E-state index in [1.165, 1.54) is 0 Å². The molecule has 18 heavy (non-hydrogen) atoms. The normalized spacial score (nSPS) is 29.0. The Kier molecular flexibility index (Phi) is 4.42. The predicted octanol–water partition coefficient (Wildman–Crippen LogP) is 4.95. The zero-order valence-electron chi connectivity index (χ0n) is 13.8. The van der Waals surface area contributed by atoms with Crippen LogP contribution in [-0.2, 0) is 9.16 Å². The average molecular weight is 273 g/mol. The molecular formula is C15H32O2Si. The molecule has 0 aromatic carbocycles. The van der Waals surface area contributed by atoms with Crippen LogP contribution < -0.4 is 0 Å². The lowest BCUT2D eigenvalue weighted by atomic mass is 10.1. The fourth-order valence-corrected chi connectivity index (χ4v) is 11.6. The minimum absolute atomic E-state index is 0.00233. The molecule has 1 heterocycles. The summed E-state index contributed by atoms with van der Waals surface area (Å²) in [7, 11) is -0.161. The molecule has 1 saturated heterocycles. The van der Waals surface area contributed by atoms with Gasteiger partial charge in [0, 0.05) is 13.5 Å². The highest BCUT2D eigenvalue weighted by atomic mass is 28.4. The van der Waals surface area contributed by atoms with E-state index in [0.29, 0.717) is 11.5 Å². The molecule has 2 atom stereocenters. The van der Waals surface area contributed by atoms with Gasteiger partial charge >= 0.3 is 0 Å². The van der Waals surface area contributed by atoms with Crippen molar-refractivity contribution in [1.82, 2.24) is 0 Å². The number of methoxy groups -OCH3 is 1. The molecule has 0 aromatic rings. The van der Waals surface area contributed by atoms with Crippen LogP contribution in [-0.4, -0.2) is 21.7 Å². The van der Waals surface area contributed by atoms with E-state index in [2.05, 4.69) is 55.4 Å². The average Bonchev–Trinajstić information content (AvgIpc) is 2.55. The van der Waals surface area contributed by atoms with Gasteiger partial charge in [-0.3, -0.25) is 0 Å². The largest absolute Gasteiger partial charge is 0.391 e.